The molecule has 0 aromatic rings. The Morgan fingerprint density at radius 3 is 0.750 bits per heavy atom. The Hall–Kier alpha value is -0.0535. The summed E-state index contributed by atoms with van der Waals surface area (Å²) in [5.74, 6) is 0. The maximum atomic E-state index is 8.45. The summed E-state index contributed by atoms with van der Waals surface area (Å²) < 4.78 is 15.4. The molecule has 0 saturated heterocycles. The van der Waals surface area contributed by atoms with Crippen LogP contribution in [0.3, 0.4) is 0 Å². The normalized spacial score (nSPS) is 3.08. The molecule has 0 aromatic carbocycles. The van der Waals surface area contributed by atoms with Gasteiger partial charge in [0.1, 0.15) is 0 Å². The van der Waals surface area contributed by atoms with Gasteiger partial charge in [0.05, 0.1) is 0 Å². The molecule has 0 aliphatic rings. The summed E-state index contributed by atoms with van der Waals surface area (Å²) in [6, 6.07) is 0. The molecule has 0 amide bonds. The SMILES string of the molecule is [C]=O.[C]=O.[C]=O.[C]=O.[Na+].[O]=[Co-][OH]. The maximum absolute atomic E-state index is 8.45. The summed E-state index contributed by atoms with van der Waals surface area (Å²) in [4.78, 5) is 30.0. The van der Waals surface area contributed by atoms with E-state index in [1.54, 1.807) is 0 Å². The van der Waals surface area contributed by atoms with Gasteiger partial charge in [0.2, 0.25) is 0 Å². The molecule has 1 N–H and O–H groups in total. The van der Waals surface area contributed by atoms with Crippen molar-refractivity contribution in [1.29, 1.82) is 0 Å². The van der Waals surface area contributed by atoms with Crippen molar-refractivity contribution >= 4 is 27.2 Å². The fraction of sp³-hybridized carbons (Fsp3) is 0. The number of hydrogen-bond acceptors (Lipinski definition) is 5. The summed E-state index contributed by atoms with van der Waals surface area (Å²) in [6.45, 7) is 18.0. The van der Waals surface area contributed by atoms with Crippen molar-refractivity contribution in [1.82, 2.24) is 0 Å². The van der Waals surface area contributed by atoms with E-state index in [0.717, 1.165) is 0 Å². The fourth-order valence-electron chi connectivity index (χ4n) is 0. The molecule has 0 spiro atoms. The van der Waals surface area contributed by atoms with Crippen molar-refractivity contribution < 1.29 is 71.8 Å². The molecule has 63 valence electrons. The Morgan fingerprint density at radius 1 is 0.750 bits per heavy atom. The molecule has 0 atom stereocenters. The quantitative estimate of drug-likeness (QED) is 0.414. The Kier molecular flexibility index (Phi) is 4080. The van der Waals surface area contributed by atoms with Crippen molar-refractivity contribution in [2.45, 2.75) is 0 Å². The van der Waals surface area contributed by atoms with Crippen LogP contribution in [0.1, 0.15) is 0 Å². The topological polar surface area (TPSA) is 106 Å². The molecule has 0 unspecified atom stereocenters. The van der Waals surface area contributed by atoms with Crippen LogP contribution >= 0.6 is 0 Å². The van der Waals surface area contributed by atoms with Gasteiger partial charge in [-0.2, -0.15) is 0 Å². The summed E-state index contributed by atoms with van der Waals surface area (Å²) in [6.07, 6.45) is 0. The molecule has 8 radical (unpaired) electrons. The van der Waals surface area contributed by atoms with Crippen LogP contribution in [0.15, 0.2) is 0 Å². The Balaban J connectivity index is -0.00000000933. The molecule has 12 heavy (non-hydrogen) atoms. The molecule has 0 aliphatic carbocycles. The second kappa shape index (κ2) is 1210. The zero-order chi connectivity index (χ0) is 10.7. The zero-order valence-corrected chi connectivity index (χ0v) is 8.86. The summed E-state index contributed by atoms with van der Waals surface area (Å²) in [5.41, 5.74) is 0. The average Bonchev–Trinajstić information content (AvgIpc) is 2.18. The van der Waals surface area contributed by atoms with Crippen molar-refractivity contribution in [2.75, 3.05) is 0 Å². The number of rotatable bonds is 0. The van der Waals surface area contributed by atoms with Crippen molar-refractivity contribution in [3.63, 3.8) is 0 Å². The van der Waals surface area contributed by atoms with Crippen LogP contribution in [-0.4, -0.2) is 31.4 Å². The van der Waals surface area contributed by atoms with Crippen LogP contribution in [0, 0.1) is 0 Å². The third-order valence-electron chi connectivity index (χ3n) is 0. The molecular formula is C4HCoNaO6. The molecule has 0 heterocycles. The molecule has 0 bridgehead atoms. The second-order valence-corrected chi connectivity index (χ2v) is 0.251. The molecule has 0 rings (SSSR count). The third-order valence-corrected chi connectivity index (χ3v) is 0. The van der Waals surface area contributed by atoms with E-state index < -0.39 is 15.0 Å². The summed E-state index contributed by atoms with van der Waals surface area (Å²) in [5, 5.41) is 0. The van der Waals surface area contributed by atoms with Crippen LogP contribution in [0.25, 0.3) is 0 Å². The van der Waals surface area contributed by atoms with Crippen LogP contribution < -0.4 is 29.6 Å². The second-order valence-electron chi connectivity index (χ2n) is 0.0609. The Morgan fingerprint density at radius 2 is 0.750 bits per heavy atom. The van der Waals surface area contributed by atoms with E-state index in [0.29, 0.717) is 0 Å². The Bertz CT molecular complexity index is 48.8. The van der Waals surface area contributed by atoms with Gasteiger partial charge in [0, 0.05) is 0 Å². The van der Waals surface area contributed by atoms with Crippen molar-refractivity contribution in [2.24, 2.45) is 0 Å². The van der Waals surface area contributed by atoms with Crippen LogP contribution in [0.2, 0.25) is 0 Å². The molecule has 0 aromatic heterocycles. The van der Waals surface area contributed by atoms with Gasteiger partial charge >= 0.3 is 52.6 Å². The summed E-state index contributed by atoms with van der Waals surface area (Å²) >= 11 is -0.812. The minimum absolute atomic E-state index is 0. The molecule has 0 saturated carbocycles. The van der Waals surface area contributed by atoms with Gasteiger partial charge in [-0.3, -0.25) is 19.2 Å². The molecule has 6 nitrogen and oxygen atoms in total. The van der Waals surface area contributed by atoms with E-state index in [-0.39, 0.29) is 29.6 Å². The van der Waals surface area contributed by atoms with E-state index in [9.17, 15) is 0 Å². The molecule has 0 aliphatic heterocycles. The van der Waals surface area contributed by atoms with Crippen molar-refractivity contribution in [3.05, 3.63) is 0 Å². The van der Waals surface area contributed by atoms with Crippen molar-refractivity contribution in [3.8, 4) is 0 Å². The van der Waals surface area contributed by atoms with Crippen LogP contribution in [0.4, 0.5) is 0 Å². The minimum atomic E-state index is -0.812. The first-order chi connectivity index (χ1) is 5.41. The van der Waals surface area contributed by atoms with Gasteiger partial charge in [-0.1, -0.05) is 0 Å². The van der Waals surface area contributed by atoms with Gasteiger partial charge in [-0.05, 0) is 0 Å². The number of carbonyl (C=O) groups excluding carboxylic acids is 4. The van der Waals surface area contributed by atoms with E-state index in [4.69, 9.17) is 27.3 Å². The van der Waals surface area contributed by atoms with Gasteiger partial charge in [0.25, 0.3) is 27.2 Å². The standard InChI is InChI=1S/4CO.Co.Na.H2O.O/c4*1-2;;;;/h;;;;;;1H2;/q;;;;;+1;;/p-1. The van der Waals surface area contributed by atoms with E-state index >= 15 is 0 Å². The van der Waals surface area contributed by atoms with Crippen LogP contribution in [0.5, 0.6) is 0 Å². The predicted octanol–water partition coefficient (Wildman–Crippen LogP) is -5.26. The summed E-state index contributed by atoms with van der Waals surface area (Å²) in [7, 11) is 0. The Labute approximate surface area is 98.5 Å². The first-order valence-corrected chi connectivity index (χ1v) is 1.99. The van der Waals surface area contributed by atoms with Gasteiger partial charge in [0.15, 0.2) is 0 Å². The first-order valence-electron chi connectivity index (χ1n) is 1.10. The molecular weight excluding hydrogens is 226 g/mol. The number of hydrogen-bond donors (Lipinski definition) is 1. The fourth-order valence-corrected chi connectivity index (χ4v) is 0. The van der Waals surface area contributed by atoms with E-state index in [1.807, 2.05) is 0 Å². The third kappa shape index (κ3) is 278000. The zero-order valence-electron chi connectivity index (χ0n) is 5.82. The van der Waals surface area contributed by atoms with E-state index in [2.05, 4.69) is 27.2 Å². The van der Waals surface area contributed by atoms with Gasteiger partial charge in [-0.15, -0.1) is 0 Å². The molecule has 8 heteroatoms. The predicted molar refractivity (Wildman–Crippen MR) is 25.7 cm³/mol. The first kappa shape index (κ1) is 40.5. The molecule has 0 fully saturated rings. The van der Waals surface area contributed by atoms with Crippen LogP contribution in [-0.2, 0) is 38.0 Å². The van der Waals surface area contributed by atoms with E-state index in [1.165, 1.54) is 0 Å². The monoisotopic (exact) mass is 227 g/mol. The van der Waals surface area contributed by atoms with Gasteiger partial charge < -0.3 is 0 Å². The average molecular weight is 227 g/mol. The van der Waals surface area contributed by atoms with Gasteiger partial charge in [-0.25, -0.2) is 0 Å².